The number of likely N-dealkylation sites (tertiary alicyclic amines) is 1. The van der Waals surface area contributed by atoms with E-state index in [2.05, 4.69) is 5.32 Å². The summed E-state index contributed by atoms with van der Waals surface area (Å²) in [5.74, 6) is 0.119. The largest absolute Gasteiger partial charge is 0.480 e. The molecule has 5 nitrogen and oxygen atoms in total. The molecule has 1 aliphatic heterocycles. The SMILES string of the molecule is CSCCCNC(=O)N1CCCC(C)C1C(=O)O. The van der Waals surface area contributed by atoms with E-state index in [1.165, 1.54) is 4.90 Å². The zero-order chi connectivity index (χ0) is 13.5. The maximum atomic E-state index is 12.0. The van der Waals surface area contributed by atoms with Gasteiger partial charge in [-0.25, -0.2) is 9.59 Å². The minimum Gasteiger partial charge on any atom is -0.480 e. The molecule has 1 rings (SSSR count). The third-order valence-corrected chi connectivity index (χ3v) is 3.95. The summed E-state index contributed by atoms with van der Waals surface area (Å²) in [6.45, 7) is 3.04. The van der Waals surface area contributed by atoms with Gasteiger partial charge >= 0.3 is 12.0 Å². The molecule has 0 saturated carbocycles. The third kappa shape index (κ3) is 4.08. The third-order valence-electron chi connectivity index (χ3n) is 3.25. The van der Waals surface area contributed by atoms with E-state index in [0.717, 1.165) is 25.0 Å². The number of carboxylic acid groups (broad SMARTS) is 1. The number of piperidine rings is 1. The smallest absolute Gasteiger partial charge is 0.326 e. The van der Waals surface area contributed by atoms with E-state index in [0.29, 0.717) is 13.1 Å². The highest BCUT2D eigenvalue weighted by atomic mass is 32.2. The molecule has 1 saturated heterocycles. The van der Waals surface area contributed by atoms with Gasteiger partial charge in [0.15, 0.2) is 0 Å². The van der Waals surface area contributed by atoms with Crippen LogP contribution in [-0.4, -0.2) is 53.1 Å². The van der Waals surface area contributed by atoms with Crippen LogP contribution in [0, 0.1) is 5.92 Å². The number of nitrogens with zero attached hydrogens (tertiary/aromatic N) is 1. The number of nitrogens with one attached hydrogen (secondary N) is 1. The van der Waals surface area contributed by atoms with Crippen LogP contribution < -0.4 is 5.32 Å². The molecular weight excluding hydrogens is 252 g/mol. The van der Waals surface area contributed by atoms with Gasteiger partial charge in [0.1, 0.15) is 6.04 Å². The Morgan fingerprint density at radius 3 is 2.83 bits per heavy atom. The second kappa shape index (κ2) is 7.51. The summed E-state index contributed by atoms with van der Waals surface area (Å²) in [4.78, 5) is 24.7. The molecule has 0 aliphatic carbocycles. The van der Waals surface area contributed by atoms with Crippen molar-refractivity contribution in [2.45, 2.75) is 32.2 Å². The van der Waals surface area contributed by atoms with Gasteiger partial charge in [-0.1, -0.05) is 6.92 Å². The summed E-state index contributed by atoms with van der Waals surface area (Å²) in [6.07, 6.45) is 4.68. The molecule has 2 unspecified atom stereocenters. The summed E-state index contributed by atoms with van der Waals surface area (Å²) in [5.41, 5.74) is 0. The summed E-state index contributed by atoms with van der Waals surface area (Å²) in [5, 5.41) is 12.0. The number of hydrogen-bond donors (Lipinski definition) is 2. The van der Waals surface area contributed by atoms with Crippen LogP contribution in [0.1, 0.15) is 26.2 Å². The van der Waals surface area contributed by atoms with E-state index in [1.54, 1.807) is 11.8 Å². The quantitative estimate of drug-likeness (QED) is 0.748. The van der Waals surface area contributed by atoms with Crippen LogP contribution in [-0.2, 0) is 4.79 Å². The number of carboxylic acids is 1. The second-order valence-electron chi connectivity index (χ2n) is 4.67. The topological polar surface area (TPSA) is 69.6 Å². The number of aliphatic carboxylic acids is 1. The van der Waals surface area contributed by atoms with Gasteiger partial charge in [-0.3, -0.25) is 0 Å². The molecule has 2 amide bonds. The molecule has 1 heterocycles. The second-order valence-corrected chi connectivity index (χ2v) is 5.66. The minimum atomic E-state index is -0.901. The number of hydrogen-bond acceptors (Lipinski definition) is 3. The molecule has 0 aromatic heterocycles. The number of rotatable bonds is 5. The Hall–Kier alpha value is -0.910. The van der Waals surface area contributed by atoms with E-state index < -0.39 is 12.0 Å². The number of carbonyl (C=O) groups excluding carboxylic acids is 1. The van der Waals surface area contributed by atoms with Crippen molar-refractivity contribution < 1.29 is 14.7 Å². The van der Waals surface area contributed by atoms with Gasteiger partial charge in [0, 0.05) is 13.1 Å². The van der Waals surface area contributed by atoms with Crippen molar-refractivity contribution in [1.29, 1.82) is 0 Å². The van der Waals surface area contributed by atoms with Crippen LogP contribution in [0.5, 0.6) is 0 Å². The van der Waals surface area contributed by atoms with Crippen molar-refractivity contribution >= 4 is 23.8 Å². The lowest BCUT2D eigenvalue weighted by atomic mass is 9.91. The fourth-order valence-corrected chi connectivity index (χ4v) is 2.74. The molecule has 2 atom stereocenters. The molecule has 0 spiro atoms. The molecule has 0 bridgehead atoms. The van der Waals surface area contributed by atoms with E-state index in [-0.39, 0.29) is 11.9 Å². The lowest BCUT2D eigenvalue weighted by Gasteiger charge is -2.37. The van der Waals surface area contributed by atoms with Gasteiger partial charge < -0.3 is 15.3 Å². The van der Waals surface area contributed by atoms with E-state index in [9.17, 15) is 14.7 Å². The first-order valence-corrected chi connectivity index (χ1v) is 7.73. The number of thioether (sulfide) groups is 1. The molecule has 1 fully saturated rings. The molecule has 1 aliphatic rings. The zero-order valence-corrected chi connectivity index (χ0v) is 11.8. The molecule has 6 heteroatoms. The van der Waals surface area contributed by atoms with Crippen LogP contribution in [0.4, 0.5) is 4.79 Å². The number of carbonyl (C=O) groups is 2. The molecule has 0 aromatic rings. The number of urea groups is 1. The molecule has 104 valence electrons. The van der Waals surface area contributed by atoms with Crippen LogP contribution in [0.25, 0.3) is 0 Å². The lowest BCUT2D eigenvalue weighted by Crippen LogP contribution is -2.55. The fraction of sp³-hybridized carbons (Fsp3) is 0.833. The predicted octanol–water partition coefficient (Wildman–Crippen LogP) is 1.63. The molecule has 0 radical (unpaired) electrons. The van der Waals surface area contributed by atoms with Crippen molar-refractivity contribution in [3.63, 3.8) is 0 Å². The minimum absolute atomic E-state index is 0.0215. The Balaban J connectivity index is 2.50. The van der Waals surface area contributed by atoms with Crippen molar-refractivity contribution in [1.82, 2.24) is 10.2 Å². The Morgan fingerprint density at radius 1 is 1.50 bits per heavy atom. The Kier molecular flexibility index (Phi) is 6.32. The van der Waals surface area contributed by atoms with Crippen molar-refractivity contribution in [3.8, 4) is 0 Å². The van der Waals surface area contributed by atoms with Crippen molar-refractivity contribution in [3.05, 3.63) is 0 Å². The maximum absolute atomic E-state index is 12.0. The van der Waals surface area contributed by atoms with Crippen LogP contribution in [0.3, 0.4) is 0 Å². The van der Waals surface area contributed by atoms with Crippen LogP contribution in [0.15, 0.2) is 0 Å². The first-order valence-electron chi connectivity index (χ1n) is 6.34. The Morgan fingerprint density at radius 2 is 2.22 bits per heavy atom. The zero-order valence-electron chi connectivity index (χ0n) is 11.0. The van der Waals surface area contributed by atoms with Gasteiger partial charge in [-0.05, 0) is 37.2 Å². The van der Waals surface area contributed by atoms with Crippen LogP contribution >= 0.6 is 11.8 Å². The first-order chi connectivity index (χ1) is 8.57. The Bertz CT molecular complexity index is 299. The fourth-order valence-electron chi connectivity index (χ4n) is 2.31. The average Bonchev–Trinajstić information content (AvgIpc) is 2.33. The standard InChI is InChI=1S/C12H22N2O3S/c1-9-5-3-7-14(10(9)11(15)16)12(17)13-6-4-8-18-2/h9-10H,3-8H2,1-2H3,(H,13,17)(H,15,16). The monoisotopic (exact) mass is 274 g/mol. The van der Waals surface area contributed by atoms with Gasteiger partial charge in [0.25, 0.3) is 0 Å². The average molecular weight is 274 g/mol. The normalized spacial score (nSPS) is 23.8. The highest BCUT2D eigenvalue weighted by molar-refractivity contribution is 7.98. The summed E-state index contributed by atoms with van der Waals surface area (Å²) < 4.78 is 0. The Labute approximate surface area is 112 Å². The molecule has 18 heavy (non-hydrogen) atoms. The van der Waals surface area contributed by atoms with E-state index in [1.807, 2.05) is 13.2 Å². The summed E-state index contributed by atoms with van der Waals surface area (Å²) >= 11 is 1.74. The molecular formula is C12H22N2O3S. The predicted molar refractivity (Wildman–Crippen MR) is 72.9 cm³/mol. The van der Waals surface area contributed by atoms with E-state index >= 15 is 0 Å². The van der Waals surface area contributed by atoms with Gasteiger partial charge in [0.05, 0.1) is 0 Å². The van der Waals surface area contributed by atoms with E-state index in [4.69, 9.17) is 0 Å². The maximum Gasteiger partial charge on any atom is 0.326 e. The molecule has 2 N–H and O–H groups in total. The van der Waals surface area contributed by atoms with Crippen LogP contribution in [0.2, 0.25) is 0 Å². The highest BCUT2D eigenvalue weighted by Crippen LogP contribution is 2.23. The summed E-state index contributed by atoms with van der Waals surface area (Å²) in [7, 11) is 0. The number of amides is 2. The van der Waals surface area contributed by atoms with Crippen molar-refractivity contribution in [2.24, 2.45) is 5.92 Å². The van der Waals surface area contributed by atoms with Gasteiger partial charge in [0.2, 0.25) is 0 Å². The van der Waals surface area contributed by atoms with Gasteiger partial charge in [-0.15, -0.1) is 0 Å². The lowest BCUT2D eigenvalue weighted by molar-refractivity contribution is -0.145. The highest BCUT2D eigenvalue weighted by Gasteiger charge is 2.36. The van der Waals surface area contributed by atoms with Gasteiger partial charge in [-0.2, -0.15) is 11.8 Å². The van der Waals surface area contributed by atoms with Crippen molar-refractivity contribution in [2.75, 3.05) is 25.1 Å². The first kappa shape index (κ1) is 15.1. The summed E-state index contributed by atoms with van der Waals surface area (Å²) in [6, 6.07) is -0.922. The molecule has 0 aromatic carbocycles.